The van der Waals surface area contributed by atoms with Gasteiger partial charge in [-0.05, 0) is 43.0 Å². The Morgan fingerprint density at radius 3 is 2.77 bits per heavy atom. The van der Waals surface area contributed by atoms with Gasteiger partial charge in [0, 0.05) is 50.7 Å². The molecular formula is C22H26N8. The zero-order chi connectivity index (χ0) is 20.8. The fourth-order valence-electron chi connectivity index (χ4n) is 3.46. The molecule has 0 atom stereocenters. The molecule has 1 aliphatic heterocycles. The first kappa shape index (κ1) is 19.9. The topological polar surface area (TPSA) is 94.1 Å². The highest BCUT2D eigenvalue weighted by Gasteiger charge is 2.11. The van der Waals surface area contributed by atoms with E-state index < -0.39 is 0 Å². The van der Waals surface area contributed by atoms with Gasteiger partial charge < -0.3 is 15.6 Å². The third kappa shape index (κ3) is 4.79. The van der Waals surface area contributed by atoms with E-state index in [1.54, 1.807) is 12.4 Å². The molecule has 3 aromatic rings. The lowest BCUT2D eigenvalue weighted by Gasteiger charge is -2.27. The summed E-state index contributed by atoms with van der Waals surface area (Å²) in [5, 5.41) is 6.63. The van der Waals surface area contributed by atoms with Gasteiger partial charge in [0.1, 0.15) is 12.1 Å². The minimum Gasteiger partial charge on any atom is -0.324 e. The second-order valence-electron chi connectivity index (χ2n) is 7.15. The molecule has 1 saturated heterocycles. The molecule has 8 heteroatoms. The van der Waals surface area contributed by atoms with Crippen LogP contribution in [0.3, 0.4) is 0 Å². The average Bonchev–Trinajstić information content (AvgIpc) is 3.20. The van der Waals surface area contributed by atoms with E-state index in [-0.39, 0.29) is 0 Å². The van der Waals surface area contributed by atoms with Crippen LogP contribution in [-0.2, 0) is 0 Å². The first-order valence-electron chi connectivity index (χ1n) is 10.0. The molecule has 3 N–H and O–H groups in total. The number of aliphatic imine (C=N–C) groups is 1. The Kier molecular flexibility index (Phi) is 6.26. The van der Waals surface area contributed by atoms with Crippen molar-refractivity contribution in [3.63, 3.8) is 0 Å². The van der Waals surface area contributed by atoms with Crippen LogP contribution in [0.2, 0.25) is 0 Å². The van der Waals surface area contributed by atoms with E-state index in [2.05, 4.69) is 53.3 Å². The molecule has 0 bridgehead atoms. The summed E-state index contributed by atoms with van der Waals surface area (Å²) in [6, 6.07) is 6.03. The highest BCUT2D eigenvalue weighted by Crippen LogP contribution is 2.23. The number of imidazole rings is 1. The summed E-state index contributed by atoms with van der Waals surface area (Å²) in [5.41, 5.74) is 4.97. The predicted molar refractivity (Wildman–Crippen MR) is 121 cm³/mol. The average molecular weight is 403 g/mol. The molecule has 1 aliphatic rings. The molecule has 3 heterocycles. The normalized spacial score (nSPS) is 16.0. The zero-order valence-corrected chi connectivity index (χ0v) is 17.1. The molecule has 0 spiro atoms. The fourth-order valence-corrected chi connectivity index (χ4v) is 3.46. The third-order valence-electron chi connectivity index (χ3n) is 5.10. The van der Waals surface area contributed by atoms with Crippen LogP contribution < -0.4 is 10.6 Å². The molecule has 0 amide bonds. The minimum atomic E-state index is 0.628. The summed E-state index contributed by atoms with van der Waals surface area (Å²) >= 11 is 0. The molecule has 8 nitrogen and oxygen atoms in total. The standard InChI is InChI=1S/C22H26N8/c1-3-16(14-30-8-6-24-7-9-30)10-21(23-2)29-22-27-19-5-4-17(11-20(19)28-22)18-12-25-15-26-13-18/h3-5,10-13,15,24H,2,6-9,14H2,1H3,(H2,27,28,29)/b16-3+,21-10+. The highest BCUT2D eigenvalue weighted by molar-refractivity contribution is 5.83. The number of aromatic nitrogens is 4. The van der Waals surface area contributed by atoms with Gasteiger partial charge in [0.05, 0.1) is 11.0 Å². The number of benzene rings is 1. The predicted octanol–water partition coefficient (Wildman–Crippen LogP) is 2.83. The van der Waals surface area contributed by atoms with E-state index >= 15 is 0 Å². The van der Waals surface area contributed by atoms with Crippen LogP contribution >= 0.6 is 0 Å². The summed E-state index contributed by atoms with van der Waals surface area (Å²) in [6.45, 7) is 10.8. The van der Waals surface area contributed by atoms with Crippen molar-refractivity contribution in [2.75, 3.05) is 38.0 Å². The lowest BCUT2D eigenvalue weighted by atomic mass is 10.1. The van der Waals surface area contributed by atoms with Crippen molar-refractivity contribution in [2.45, 2.75) is 6.92 Å². The number of anilines is 1. The Morgan fingerprint density at radius 2 is 2.03 bits per heavy atom. The van der Waals surface area contributed by atoms with Crippen LogP contribution in [-0.4, -0.2) is 64.3 Å². The Bertz CT molecular complexity index is 1060. The molecule has 0 saturated carbocycles. The first-order valence-corrected chi connectivity index (χ1v) is 10.0. The molecular weight excluding hydrogens is 376 g/mol. The molecule has 1 fully saturated rings. The van der Waals surface area contributed by atoms with Gasteiger partial charge in [0.25, 0.3) is 0 Å². The molecule has 0 unspecified atom stereocenters. The van der Waals surface area contributed by atoms with Gasteiger partial charge in [0.15, 0.2) is 0 Å². The van der Waals surface area contributed by atoms with Crippen molar-refractivity contribution in [3.8, 4) is 11.1 Å². The van der Waals surface area contributed by atoms with Crippen LogP contribution in [0.1, 0.15) is 6.92 Å². The van der Waals surface area contributed by atoms with Crippen molar-refractivity contribution in [1.82, 2.24) is 30.2 Å². The number of H-pyrrole nitrogens is 1. The van der Waals surface area contributed by atoms with Crippen molar-refractivity contribution in [2.24, 2.45) is 4.99 Å². The maximum absolute atomic E-state index is 4.62. The van der Waals surface area contributed by atoms with Crippen LogP contribution in [0.25, 0.3) is 22.2 Å². The Hall–Kier alpha value is -3.36. The fraction of sp³-hybridized carbons (Fsp3) is 0.273. The molecule has 2 aromatic heterocycles. The Balaban J connectivity index is 1.51. The third-order valence-corrected chi connectivity index (χ3v) is 5.10. The van der Waals surface area contributed by atoms with E-state index in [0.717, 1.165) is 54.9 Å². The second kappa shape index (κ2) is 9.43. The van der Waals surface area contributed by atoms with E-state index in [1.807, 2.05) is 31.2 Å². The summed E-state index contributed by atoms with van der Waals surface area (Å²) in [6.07, 6.45) is 9.25. The zero-order valence-electron chi connectivity index (χ0n) is 17.1. The van der Waals surface area contributed by atoms with E-state index in [4.69, 9.17) is 0 Å². The summed E-state index contributed by atoms with van der Waals surface area (Å²) in [7, 11) is 0. The summed E-state index contributed by atoms with van der Waals surface area (Å²) in [4.78, 5) is 22.7. The van der Waals surface area contributed by atoms with Gasteiger partial charge in [-0.15, -0.1) is 0 Å². The van der Waals surface area contributed by atoms with Crippen molar-refractivity contribution >= 4 is 23.7 Å². The Labute approximate surface area is 175 Å². The van der Waals surface area contributed by atoms with Gasteiger partial charge in [-0.1, -0.05) is 12.1 Å². The lowest BCUT2D eigenvalue weighted by Crippen LogP contribution is -2.44. The number of nitrogens with zero attached hydrogens (tertiary/aromatic N) is 5. The molecule has 1 aromatic carbocycles. The number of hydrogen-bond donors (Lipinski definition) is 3. The van der Waals surface area contributed by atoms with Crippen LogP contribution in [0.4, 0.5) is 5.95 Å². The number of fused-ring (bicyclic) bond motifs is 1. The van der Waals surface area contributed by atoms with Crippen molar-refractivity contribution in [1.29, 1.82) is 0 Å². The lowest BCUT2D eigenvalue weighted by molar-refractivity contribution is 0.261. The maximum Gasteiger partial charge on any atom is 0.206 e. The van der Waals surface area contributed by atoms with Gasteiger partial charge in [-0.2, -0.15) is 0 Å². The van der Waals surface area contributed by atoms with E-state index in [0.29, 0.717) is 11.8 Å². The van der Waals surface area contributed by atoms with Gasteiger partial charge in [-0.25, -0.2) is 19.9 Å². The first-order chi connectivity index (χ1) is 14.7. The van der Waals surface area contributed by atoms with E-state index in [9.17, 15) is 0 Å². The monoisotopic (exact) mass is 402 g/mol. The van der Waals surface area contributed by atoms with Crippen LogP contribution in [0, 0.1) is 0 Å². The van der Waals surface area contributed by atoms with Gasteiger partial charge in [0.2, 0.25) is 5.95 Å². The maximum atomic E-state index is 4.62. The number of aromatic amines is 1. The Morgan fingerprint density at radius 1 is 1.23 bits per heavy atom. The van der Waals surface area contributed by atoms with Gasteiger partial charge in [-0.3, -0.25) is 4.90 Å². The van der Waals surface area contributed by atoms with Crippen LogP contribution in [0.15, 0.2) is 65.5 Å². The van der Waals surface area contributed by atoms with E-state index in [1.165, 1.54) is 11.9 Å². The number of rotatable bonds is 7. The summed E-state index contributed by atoms with van der Waals surface area (Å²) < 4.78 is 0. The quantitative estimate of drug-likeness (QED) is 0.416. The molecule has 0 aliphatic carbocycles. The molecule has 4 rings (SSSR count). The number of piperazine rings is 1. The van der Waals surface area contributed by atoms with Crippen molar-refractivity contribution in [3.05, 3.63) is 60.5 Å². The second-order valence-corrected chi connectivity index (χ2v) is 7.15. The highest BCUT2D eigenvalue weighted by atomic mass is 15.2. The number of allylic oxidation sites excluding steroid dienone is 1. The largest absolute Gasteiger partial charge is 0.324 e. The van der Waals surface area contributed by atoms with Crippen LogP contribution in [0.5, 0.6) is 0 Å². The molecule has 154 valence electrons. The number of nitrogens with one attached hydrogen (secondary N) is 3. The summed E-state index contributed by atoms with van der Waals surface area (Å²) in [5.74, 6) is 1.29. The number of hydrogen-bond acceptors (Lipinski definition) is 7. The molecule has 0 radical (unpaired) electrons. The van der Waals surface area contributed by atoms with Crippen molar-refractivity contribution < 1.29 is 0 Å². The SMILES string of the molecule is C=N/C(=C\C(=C/C)CN1CCNCC1)Nc1nc2ccc(-c3cncnc3)cc2[nH]1. The molecule has 30 heavy (non-hydrogen) atoms. The minimum absolute atomic E-state index is 0.628. The van der Waals surface area contributed by atoms with Gasteiger partial charge >= 0.3 is 0 Å². The smallest absolute Gasteiger partial charge is 0.206 e.